The molecule has 6 heteroatoms. The molecule has 0 fully saturated rings. The quantitative estimate of drug-likeness (QED) is 0.787. The van der Waals surface area contributed by atoms with E-state index in [1.165, 1.54) is 16.2 Å². The minimum Gasteiger partial charge on any atom is -0.323 e. The van der Waals surface area contributed by atoms with Gasteiger partial charge < -0.3 is 5.73 Å². The fraction of sp³-hybridized carbons (Fsp3) is 0.182. The molecule has 1 atom stereocenters. The highest BCUT2D eigenvalue weighted by atomic mass is 32.1. The van der Waals surface area contributed by atoms with Crippen LogP contribution < -0.4 is 5.73 Å². The molecule has 0 saturated heterocycles. The van der Waals surface area contributed by atoms with Crippen molar-refractivity contribution in [3.63, 3.8) is 0 Å². The van der Waals surface area contributed by atoms with Crippen LogP contribution in [0.15, 0.2) is 30.5 Å². The summed E-state index contributed by atoms with van der Waals surface area (Å²) in [4.78, 5) is 5.57. The van der Waals surface area contributed by atoms with Gasteiger partial charge in [0.15, 0.2) is 0 Å². The number of nitrogens with zero attached hydrogens (tertiary/aromatic N) is 3. The number of hydrogen-bond donors (Lipinski definition) is 1. The summed E-state index contributed by atoms with van der Waals surface area (Å²) in [6, 6.07) is 8.07. The largest absolute Gasteiger partial charge is 0.323 e. The Hall–Kier alpha value is -1.37. The van der Waals surface area contributed by atoms with Gasteiger partial charge in [-0.25, -0.2) is 4.98 Å². The predicted molar refractivity (Wildman–Crippen MR) is 70.2 cm³/mol. The third-order valence-electron chi connectivity index (χ3n) is 2.48. The second-order valence-corrected chi connectivity index (χ2v) is 5.64. The number of nitrogens with two attached hydrogens (primary N) is 1. The van der Waals surface area contributed by atoms with E-state index in [4.69, 9.17) is 5.73 Å². The van der Waals surface area contributed by atoms with Crippen LogP contribution in [0.5, 0.6) is 0 Å². The van der Waals surface area contributed by atoms with Gasteiger partial charge in [0, 0.05) is 12.5 Å². The minimum absolute atomic E-state index is 0.0597. The Bertz CT molecular complexity index is 584. The first-order chi connectivity index (χ1) is 8.33. The molecule has 2 N–H and O–H groups in total. The molecule has 0 aliphatic rings. The highest BCUT2D eigenvalue weighted by Gasteiger charge is 2.12. The molecule has 0 saturated carbocycles. The summed E-state index contributed by atoms with van der Waals surface area (Å²) in [6.07, 6.45) is 2.46. The van der Waals surface area contributed by atoms with Crippen LogP contribution in [0.2, 0.25) is 0 Å². The first-order valence-electron chi connectivity index (χ1n) is 5.20. The third kappa shape index (κ3) is 2.19. The Balaban J connectivity index is 1.85. The normalized spacial score (nSPS) is 13.0. The lowest BCUT2D eigenvalue weighted by molar-refractivity contribution is 0.731. The van der Waals surface area contributed by atoms with Gasteiger partial charge in [-0.1, -0.05) is 16.6 Å². The smallest absolute Gasteiger partial charge is 0.0957 e. The van der Waals surface area contributed by atoms with Gasteiger partial charge in [0.05, 0.1) is 26.3 Å². The minimum atomic E-state index is -0.0597. The van der Waals surface area contributed by atoms with E-state index in [1.54, 1.807) is 17.5 Å². The number of thiazole rings is 1. The fourth-order valence-electron chi connectivity index (χ4n) is 1.63. The summed E-state index contributed by atoms with van der Waals surface area (Å²) in [5.41, 5.74) is 7.13. The Morgan fingerprint density at radius 3 is 2.94 bits per heavy atom. The van der Waals surface area contributed by atoms with Crippen molar-refractivity contribution >= 4 is 33.1 Å². The van der Waals surface area contributed by atoms with Crippen LogP contribution in [0.4, 0.5) is 0 Å². The second-order valence-electron chi connectivity index (χ2n) is 3.71. The van der Waals surface area contributed by atoms with Crippen molar-refractivity contribution in [3.05, 3.63) is 40.3 Å². The van der Waals surface area contributed by atoms with Crippen LogP contribution in [0.25, 0.3) is 10.2 Å². The molecule has 3 aromatic rings. The van der Waals surface area contributed by atoms with Crippen LogP contribution in [0.1, 0.15) is 15.9 Å². The lowest BCUT2D eigenvalue weighted by Crippen LogP contribution is -2.11. The van der Waals surface area contributed by atoms with E-state index in [0.29, 0.717) is 0 Å². The van der Waals surface area contributed by atoms with Gasteiger partial charge in [0.1, 0.15) is 0 Å². The SMILES string of the molecule is NC(Cc1nc2ccccc2s1)c1cnns1. The molecule has 0 radical (unpaired) electrons. The standard InChI is InChI=1S/C11H10N4S2/c12-7(10-6-13-15-17-10)5-11-14-8-3-1-2-4-9(8)16-11/h1-4,6-7H,5,12H2. The Morgan fingerprint density at radius 1 is 1.29 bits per heavy atom. The first kappa shape index (κ1) is 10.8. The number of para-hydroxylation sites is 1. The Morgan fingerprint density at radius 2 is 2.18 bits per heavy atom. The summed E-state index contributed by atoms with van der Waals surface area (Å²) in [6.45, 7) is 0. The van der Waals surface area contributed by atoms with Gasteiger partial charge in [0.2, 0.25) is 0 Å². The summed E-state index contributed by atoms with van der Waals surface area (Å²) in [5, 5.41) is 4.86. The third-order valence-corrected chi connectivity index (χ3v) is 4.33. The molecule has 1 unspecified atom stereocenters. The number of hydrogen-bond acceptors (Lipinski definition) is 6. The molecular formula is C11H10N4S2. The monoisotopic (exact) mass is 262 g/mol. The van der Waals surface area contributed by atoms with Crippen molar-refractivity contribution in [2.24, 2.45) is 5.73 Å². The fourth-order valence-corrected chi connectivity index (χ4v) is 3.16. The van der Waals surface area contributed by atoms with Crippen molar-refractivity contribution in [3.8, 4) is 0 Å². The highest BCUT2D eigenvalue weighted by molar-refractivity contribution is 7.18. The van der Waals surface area contributed by atoms with Gasteiger partial charge in [-0.05, 0) is 23.7 Å². The summed E-state index contributed by atoms with van der Waals surface area (Å²) in [7, 11) is 0. The topological polar surface area (TPSA) is 64.7 Å². The van der Waals surface area contributed by atoms with Crippen LogP contribution in [0.3, 0.4) is 0 Å². The van der Waals surface area contributed by atoms with E-state index in [1.807, 2.05) is 18.2 Å². The molecular weight excluding hydrogens is 252 g/mol. The molecule has 86 valence electrons. The van der Waals surface area contributed by atoms with Crippen molar-refractivity contribution < 1.29 is 0 Å². The number of rotatable bonds is 3. The molecule has 2 heterocycles. The van der Waals surface area contributed by atoms with Gasteiger partial charge in [-0.2, -0.15) is 0 Å². The number of aromatic nitrogens is 3. The van der Waals surface area contributed by atoms with Crippen LogP contribution >= 0.6 is 22.9 Å². The van der Waals surface area contributed by atoms with E-state index in [9.17, 15) is 0 Å². The van der Waals surface area contributed by atoms with Crippen LogP contribution in [-0.2, 0) is 6.42 Å². The van der Waals surface area contributed by atoms with Gasteiger partial charge >= 0.3 is 0 Å². The molecule has 1 aromatic carbocycles. The van der Waals surface area contributed by atoms with Gasteiger partial charge in [0.25, 0.3) is 0 Å². The zero-order valence-corrected chi connectivity index (χ0v) is 10.5. The lowest BCUT2D eigenvalue weighted by Gasteiger charge is -2.04. The van der Waals surface area contributed by atoms with Crippen molar-refractivity contribution in [1.82, 2.24) is 14.6 Å². The zero-order valence-electron chi connectivity index (χ0n) is 8.91. The Labute approximate surface area is 106 Å². The van der Waals surface area contributed by atoms with E-state index in [2.05, 4.69) is 20.6 Å². The summed E-state index contributed by atoms with van der Waals surface area (Å²) < 4.78 is 5.03. The van der Waals surface area contributed by atoms with Crippen molar-refractivity contribution in [1.29, 1.82) is 0 Å². The number of fused-ring (bicyclic) bond motifs is 1. The maximum absolute atomic E-state index is 6.09. The van der Waals surface area contributed by atoms with Crippen LogP contribution in [0, 0.1) is 0 Å². The zero-order chi connectivity index (χ0) is 11.7. The first-order valence-corrected chi connectivity index (χ1v) is 6.79. The van der Waals surface area contributed by atoms with Crippen molar-refractivity contribution in [2.75, 3.05) is 0 Å². The summed E-state index contributed by atoms with van der Waals surface area (Å²) in [5.74, 6) is 0. The summed E-state index contributed by atoms with van der Waals surface area (Å²) >= 11 is 3.04. The molecule has 0 amide bonds. The molecule has 4 nitrogen and oxygen atoms in total. The molecule has 0 bridgehead atoms. The average molecular weight is 262 g/mol. The van der Waals surface area contributed by atoms with Gasteiger partial charge in [-0.3, -0.25) is 0 Å². The predicted octanol–water partition coefficient (Wildman–Crippen LogP) is 2.39. The van der Waals surface area contributed by atoms with Gasteiger partial charge in [-0.15, -0.1) is 16.4 Å². The molecule has 0 aliphatic heterocycles. The lowest BCUT2D eigenvalue weighted by atomic mass is 10.2. The molecule has 0 aliphatic carbocycles. The molecule has 2 aromatic heterocycles. The second kappa shape index (κ2) is 4.48. The maximum atomic E-state index is 6.09. The number of benzene rings is 1. The maximum Gasteiger partial charge on any atom is 0.0957 e. The van der Waals surface area contributed by atoms with E-state index >= 15 is 0 Å². The molecule has 0 spiro atoms. The van der Waals surface area contributed by atoms with Crippen LogP contribution in [-0.4, -0.2) is 14.6 Å². The Kier molecular flexibility index (Phi) is 2.84. The molecule has 17 heavy (non-hydrogen) atoms. The van der Waals surface area contributed by atoms with Crippen molar-refractivity contribution in [2.45, 2.75) is 12.5 Å². The van der Waals surface area contributed by atoms with E-state index < -0.39 is 0 Å². The highest BCUT2D eigenvalue weighted by Crippen LogP contribution is 2.25. The molecule has 3 rings (SSSR count). The van der Waals surface area contributed by atoms with E-state index in [-0.39, 0.29) is 6.04 Å². The average Bonchev–Trinajstić information content (AvgIpc) is 2.97. The van der Waals surface area contributed by atoms with E-state index in [0.717, 1.165) is 21.8 Å².